The fourth-order valence-electron chi connectivity index (χ4n) is 2.26. The number of amides is 2. The molecule has 0 saturated heterocycles. The molecule has 0 atom stereocenters. The number of carbonyl (C=O) groups excluding carboxylic acids is 3. The third-order valence-corrected chi connectivity index (χ3v) is 3.65. The highest BCUT2D eigenvalue weighted by atomic mass is 16.5. The van der Waals surface area contributed by atoms with Gasteiger partial charge in [0.1, 0.15) is 12.2 Å². The minimum Gasteiger partial charge on any atom is -0.497 e. The molecule has 0 aliphatic heterocycles. The van der Waals surface area contributed by atoms with Crippen molar-refractivity contribution in [1.82, 2.24) is 5.32 Å². The summed E-state index contributed by atoms with van der Waals surface area (Å²) in [6, 6.07) is 13.5. The highest BCUT2D eigenvalue weighted by Crippen LogP contribution is 2.12. The summed E-state index contributed by atoms with van der Waals surface area (Å²) in [7, 11) is 1.58. The van der Waals surface area contributed by atoms with E-state index in [9.17, 15) is 14.4 Å². The number of anilines is 1. The van der Waals surface area contributed by atoms with E-state index in [1.165, 1.54) is 0 Å². The second kappa shape index (κ2) is 9.96. The zero-order chi connectivity index (χ0) is 19.6. The number of benzene rings is 2. The number of carbonyl (C=O) groups is 3. The van der Waals surface area contributed by atoms with Crippen molar-refractivity contribution in [3.05, 3.63) is 59.7 Å². The topological polar surface area (TPSA) is 93.7 Å². The Morgan fingerprint density at radius 2 is 1.59 bits per heavy atom. The first-order chi connectivity index (χ1) is 13.0. The Bertz CT molecular complexity index is 785. The Morgan fingerprint density at radius 1 is 0.926 bits per heavy atom. The molecule has 0 spiro atoms. The van der Waals surface area contributed by atoms with Crippen molar-refractivity contribution in [2.75, 3.05) is 19.0 Å². The molecule has 0 heterocycles. The minimum atomic E-state index is -0.439. The van der Waals surface area contributed by atoms with Crippen LogP contribution in [-0.2, 0) is 20.9 Å². The number of rotatable bonds is 8. The molecule has 0 bridgehead atoms. The van der Waals surface area contributed by atoms with Gasteiger partial charge in [0.05, 0.1) is 19.3 Å². The van der Waals surface area contributed by atoms with E-state index in [0.29, 0.717) is 24.4 Å². The van der Waals surface area contributed by atoms with Crippen LogP contribution in [0.5, 0.6) is 5.75 Å². The van der Waals surface area contributed by atoms with E-state index < -0.39 is 11.9 Å². The molecular formula is C20H22N2O5. The van der Waals surface area contributed by atoms with Crippen molar-refractivity contribution in [3.63, 3.8) is 0 Å². The normalized spacial score (nSPS) is 10.0. The Kier molecular flexibility index (Phi) is 7.37. The summed E-state index contributed by atoms with van der Waals surface area (Å²) in [5.41, 5.74) is 1.79. The van der Waals surface area contributed by atoms with E-state index >= 15 is 0 Å². The van der Waals surface area contributed by atoms with Gasteiger partial charge in [-0.1, -0.05) is 12.1 Å². The second-order valence-corrected chi connectivity index (χ2v) is 5.65. The van der Waals surface area contributed by atoms with Crippen molar-refractivity contribution in [2.45, 2.75) is 19.9 Å². The van der Waals surface area contributed by atoms with E-state index in [1.54, 1.807) is 50.4 Å². The highest BCUT2D eigenvalue weighted by Gasteiger charge is 2.11. The number of ether oxygens (including phenoxy) is 2. The molecule has 0 aliphatic carbocycles. The molecule has 7 heteroatoms. The average Bonchev–Trinajstić information content (AvgIpc) is 2.67. The molecule has 0 aromatic heterocycles. The molecule has 142 valence electrons. The van der Waals surface area contributed by atoms with Crippen molar-refractivity contribution in [3.8, 4) is 5.75 Å². The number of methoxy groups -OCH3 is 1. The van der Waals surface area contributed by atoms with E-state index in [1.807, 2.05) is 12.1 Å². The summed E-state index contributed by atoms with van der Waals surface area (Å²) in [5, 5.41) is 5.31. The Balaban J connectivity index is 1.78. The van der Waals surface area contributed by atoms with Crippen LogP contribution in [0.3, 0.4) is 0 Å². The van der Waals surface area contributed by atoms with Crippen LogP contribution < -0.4 is 15.4 Å². The van der Waals surface area contributed by atoms with Gasteiger partial charge >= 0.3 is 5.97 Å². The van der Waals surface area contributed by atoms with E-state index in [2.05, 4.69) is 10.6 Å². The first-order valence-electron chi connectivity index (χ1n) is 8.48. The zero-order valence-electron chi connectivity index (χ0n) is 15.3. The van der Waals surface area contributed by atoms with Crippen LogP contribution >= 0.6 is 0 Å². The first kappa shape index (κ1) is 20.0. The van der Waals surface area contributed by atoms with Crippen molar-refractivity contribution < 1.29 is 23.9 Å². The molecule has 0 saturated carbocycles. The highest BCUT2D eigenvalue weighted by molar-refractivity contribution is 6.03. The van der Waals surface area contributed by atoms with Crippen LogP contribution in [0.2, 0.25) is 0 Å². The molecule has 27 heavy (non-hydrogen) atoms. The van der Waals surface area contributed by atoms with Gasteiger partial charge in [0.25, 0.3) is 0 Å². The summed E-state index contributed by atoms with van der Waals surface area (Å²) < 4.78 is 9.96. The quantitative estimate of drug-likeness (QED) is 0.550. The van der Waals surface area contributed by atoms with E-state index in [4.69, 9.17) is 9.47 Å². The van der Waals surface area contributed by atoms with Crippen LogP contribution in [0, 0.1) is 0 Å². The lowest BCUT2D eigenvalue weighted by Crippen LogP contribution is -2.27. The second-order valence-electron chi connectivity index (χ2n) is 5.65. The monoisotopic (exact) mass is 370 g/mol. The van der Waals surface area contributed by atoms with Crippen molar-refractivity contribution in [2.24, 2.45) is 0 Å². The molecule has 0 aliphatic rings. The number of nitrogens with one attached hydrogen (secondary N) is 2. The van der Waals surface area contributed by atoms with Gasteiger partial charge in [0.2, 0.25) is 11.8 Å². The lowest BCUT2D eigenvalue weighted by atomic mass is 10.2. The maximum atomic E-state index is 12.0. The van der Waals surface area contributed by atoms with Crippen LogP contribution in [0.25, 0.3) is 0 Å². The smallest absolute Gasteiger partial charge is 0.338 e. The van der Waals surface area contributed by atoms with Gasteiger partial charge in [0.15, 0.2) is 0 Å². The summed E-state index contributed by atoms with van der Waals surface area (Å²) >= 11 is 0. The van der Waals surface area contributed by atoms with Gasteiger partial charge in [-0.3, -0.25) is 9.59 Å². The lowest BCUT2D eigenvalue weighted by Gasteiger charge is -2.08. The zero-order valence-corrected chi connectivity index (χ0v) is 15.3. The van der Waals surface area contributed by atoms with Crippen LogP contribution in [0.15, 0.2) is 48.5 Å². The molecule has 0 fully saturated rings. The molecule has 2 N–H and O–H groups in total. The molecule has 7 nitrogen and oxygen atoms in total. The molecular weight excluding hydrogens is 348 g/mol. The van der Waals surface area contributed by atoms with Gasteiger partial charge in [-0.05, 0) is 48.9 Å². The molecule has 0 radical (unpaired) electrons. The minimum absolute atomic E-state index is 0.295. The molecule has 2 amide bonds. The first-order valence-corrected chi connectivity index (χ1v) is 8.48. The van der Waals surface area contributed by atoms with Crippen LogP contribution in [0.4, 0.5) is 5.69 Å². The maximum absolute atomic E-state index is 12.0. The summed E-state index contributed by atoms with van der Waals surface area (Å²) in [6.45, 7) is 2.35. The summed E-state index contributed by atoms with van der Waals surface area (Å²) in [4.78, 5) is 35.4. The van der Waals surface area contributed by atoms with E-state index in [-0.39, 0.29) is 12.3 Å². The summed E-state index contributed by atoms with van der Waals surface area (Å²) in [6.07, 6.45) is -0.296. The van der Waals surface area contributed by atoms with Gasteiger partial charge in [-0.2, -0.15) is 0 Å². The standard InChI is InChI=1S/C20H22N2O5/c1-3-27-20(25)15-6-8-16(9-7-15)22-19(24)12-18(23)21-13-14-4-10-17(26-2)11-5-14/h4-11H,3,12-13H2,1-2H3,(H,21,23)(H,22,24). The number of hydrogen-bond donors (Lipinski definition) is 2. The largest absolute Gasteiger partial charge is 0.497 e. The predicted octanol–water partition coefficient (Wildman–Crippen LogP) is 2.52. The van der Waals surface area contributed by atoms with Gasteiger partial charge in [-0.25, -0.2) is 4.79 Å². The van der Waals surface area contributed by atoms with Gasteiger partial charge < -0.3 is 20.1 Å². The third kappa shape index (κ3) is 6.47. The fraction of sp³-hybridized carbons (Fsp3) is 0.250. The fourth-order valence-corrected chi connectivity index (χ4v) is 2.26. The predicted molar refractivity (Wildman–Crippen MR) is 100 cm³/mol. The average molecular weight is 370 g/mol. The lowest BCUT2D eigenvalue weighted by molar-refractivity contribution is -0.126. The molecule has 0 unspecified atom stereocenters. The van der Waals surface area contributed by atoms with Crippen LogP contribution in [0.1, 0.15) is 29.3 Å². The Labute approximate surface area is 157 Å². The van der Waals surface area contributed by atoms with Crippen molar-refractivity contribution >= 4 is 23.5 Å². The summed E-state index contributed by atoms with van der Waals surface area (Å²) in [5.74, 6) is -0.510. The van der Waals surface area contributed by atoms with Gasteiger partial charge in [0, 0.05) is 12.2 Å². The Morgan fingerprint density at radius 3 is 2.19 bits per heavy atom. The SMILES string of the molecule is CCOC(=O)c1ccc(NC(=O)CC(=O)NCc2ccc(OC)cc2)cc1. The van der Waals surface area contributed by atoms with Gasteiger partial charge in [-0.15, -0.1) is 0 Å². The molecule has 2 rings (SSSR count). The van der Waals surface area contributed by atoms with Crippen LogP contribution in [-0.4, -0.2) is 31.5 Å². The maximum Gasteiger partial charge on any atom is 0.338 e. The Hall–Kier alpha value is -3.35. The van der Waals surface area contributed by atoms with E-state index in [0.717, 1.165) is 11.3 Å². The third-order valence-electron chi connectivity index (χ3n) is 3.65. The number of hydrogen-bond acceptors (Lipinski definition) is 5. The molecule has 2 aromatic rings. The number of esters is 1. The molecule has 2 aromatic carbocycles. The van der Waals surface area contributed by atoms with Crippen molar-refractivity contribution in [1.29, 1.82) is 0 Å².